The molecule has 142 valence electrons. The van der Waals surface area contributed by atoms with Crippen LogP contribution in [-0.4, -0.2) is 36.0 Å². The van der Waals surface area contributed by atoms with Crippen molar-refractivity contribution in [3.8, 4) is 11.3 Å². The third-order valence-corrected chi connectivity index (χ3v) is 7.04. The Labute approximate surface area is 163 Å². The standard InChI is InChI=1S/C19H21N3O3S2/c1-3-22(4-2)27(23,24)17-10-11-19(20-13-17)26-14-16-12-18(21-25-16)15-8-6-5-7-9-15/h5-13H,3-4,14H2,1-2H3. The molecule has 6 nitrogen and oxygen atoms in total. The van der Waals surface area contributed by atoms with E-state index in [-0.39, 0.29) is 4.90 Å². The van der Waals surface area contributed by atoms with Crippen LogP contribution in [0.25, 0.3) is 11.3 Å². The van der Waals surface area contributed by atoms with Crippen molar-refractivity contribution < 1.29 is 12.9 Å². The highest BCUT2D eigenvalue weighted by atomic mass is 32.2. The summed E-state index contributed by atoms with van der Waals surface area (Å²) in [6, 6.07) is 15.0. The smallest absolute Gasteiger partial charge is 0.244 e. The topological polar surface area (TPSA) is 76.3 Å². The number of pyridine rings is 1. The van der Waals surface area contributed by atoms with Crippen molar-refractivity contribution in [1.29, 1.82) is 0 Å². The number of rotatable bonds is 8. The van der Waals surface area contributed by atoms with Crippen LogP contribution < -0.4 is 0 Å². The Morgan fingerprint density at radius 1 is 1.07 bits per heavy atom. The second kappa shape index (κ2) is 8.69. The minimum absolute atomic E-state index is 0.210. The highest BCUT2D eigenvalue weighted by Crippen LogP contribution is 2.25. The average Bonchev–Trinajstić information content (AvgIpc) is 3.17. The Morgan fingerprint density at radius 2 is 1.81 bits per heavy atom. The van der Waals surface area contributed by atoms with Gasteiger partial charge in [-0.25, -0.2) is 13.4 Å². The fraction of sp³-hybridized carbons (Fsp3) is 0.263. The number of hydrogen-bond donors (Lipinski definition) is 0. The maximum absolute atomic E-state index is 12.5. The maximum atomic E-state index is 12.5. The average molecular weight is 404 g/mol. The van der Waals surface area contributed by atoms with E-state index in [0.29, 0.717) is 18.8 Å². The molecule has 0 aliphatic rings. The van der Waals surface area contributed by atoms with E-state index in [1.165, 1.54) is 22.3 Å². The van der Waals surface area contributed by atoms with E-state index in [2.05, 4.69) is 10.1 Å². The van der Waals surface area contributed by atoms with Crippen LogP contribution >= 0.6 is 11.8 Å². The molecule has 0 unspecified atom stereocenters. The maximum Gasteiger partial charge on any atom is 0.244 e. The molecule has 0 aliphatic heterocycles. The highest BCUT2D eigenvalue weighted by molar-refractivity contribution is 7.98. The van der Waals surface area contributed by atoms with E-state index >= 15 is 0 Å². The first-order chi connectivity index (χ1) is 13.0. The summed E-state index contributed by atoms with van der Waals surface area (Å²) in [6.07, 6.45) is 1.41. The van der Waals surface area contributed by atoms with E-state index in [9.17, 15) is 8.42 Å². The fourth-order valence-corrected chi connectivity index (χ4v) is 4.71. The fourth-order valence-electron chi connectivity index (χ4n) is 2.59. The quantitative estimate of drug-likeness (QED) is 0.528. The van der Waals surface area contributed by atoms with Crippen LogP contribution in [0, 0.1) is 0 Å². The van der Waals surface area contributed by atoms with Gasteiger partial charge in [-0.3, -0.25) is 0 Å². The minimum atomic E-state index is -3.48. The largest absolute Gasteiger partial charge is 0.360 e. The van der Waals surface area contributed by atoms with E-state index in [4.69, 9.17) is 4.52 Å². The molecule has 27 heavy (non-hydrogen) atoms. The summed E-state index contributed by atoms with van der Waals surface area (Å²) in [5, 5.41) is 4.82. The molecule has 0 atom stereocenters. The number of thioether (sulfide) groups is 1. The Bertz CT molecular complexity index is 967. The lowest BCUT2D eigenvalue weighted by molar-refractivity contribution is 0.397. The van der Waals surface area contributed by atoms with Gasteiger partial charge < -0.3 is 4.52 Å². The van der Waals surface area contributed by atoms with Crippen LogP contribution in [0.2, 0.25) is 0 Å². The van der Waals surface area contributed by atoms with Gasteiger partial charge in [0.15, 0.2) is 0 Å². The molecule has 1 aromatic carbocycles. The van der Waals surface area contributed by atoms with Crippen molar-refractivity contribution in [1.82, 2.24) is 14.4 Å². The molecule has 0 N–H and O–H groups in total. The summed E-state index contributed by atoms with van der Waals surface area (Å²) in [7, 11) is -3.48. The van der Waals surface area contributed by atoms with E-state index in [0.717, 1.165) is 22.0 Å². The molecule has 0 saturated heterocycles. The van der Waals surface area contributed by atoms with Gasteiger partial charge in [0.2, 0.25) is 10.0 Å². The zero-order valence-corrected chi connectivity index (χ0v) is 16.8. The minimum Gasteiger partial charge on any atom is -0.360 e. The summed E-state index contributed by atoms with van der Waals surface area (Å²) >= 11 is 1.47. The van der Waals surface area contributed by atoms with Crippen LogP contribution in [0.15, 0.2) is 69.2 Å². The Balaban J connectivity index is 1.65. The summed E-state index contributed by atoms with van der Waals surface area (Å²) in [5.74, 6) is 1.30. The van der Waals surface area contributed by atoms with Gasteiger partial charge in [0.1, 0.15) is 16.3 Å². The molecule has 0 aliphatic carbocycles. The summed E-state index contributed by atoms with van der Waals surface area (Å²) in [6.45, 7) is 4.51. The summed E-state index contributed by atoms with van der Waals surface area (Å²) < 4.78 is 31.7. The van der Waals surface area contributed by atoms with Gasteiger partial charge in [-0.15, -0.1) is 0 Å². The molecular formula is C19H21N3O3S2. The Hall–Kier alpha value is -2.16. The van der Waals surface area contributed by atoms with Gasteiger partial charge in [0.05, 0.1) is 10.8 Å². The second-order valence-electron chi connectivity index (χ2n) is 5.75. The van der Waals surface area contributed by atoms with Crippen LogP contribution in [0.1, 0.15) is 19.6 Å². The summed E-state index contributed by atoms with van der Waals surface area (Å²) in [5.41, 5.74) is 1.79. The predicted octanol–water partition coefficient (Wildman–Crippen LogP) is 4.06. The molecular weight excluding hydrogens is 382 g/mol. The molecule has 3 aromatic rings. The zero-order valence-electron chi connectivity index (χ0n) is 15.2. The summed E-state index contributed by atoms with van der Waals surface area (Å²) in [4.78, 5) is 4.48. The van der Waals surface area contributed by atoms with Gasteiger partial charge in [-0.1, -0.05) is 61.1 Å². The molecule has 0 saturated carbocycles. The van der Waals surface area contributed by atoms with Crippen molar-refractivity contribution in [2.45, 2.75) is 29.5 Å². The molecule has 3 rings (SSSR count). The van der Waals surface area contributed by atoms with E-state index in [1.807, 2.05) is 50.2 Å². The van der Waals surface area contributed by atoms with Gasteiger partial charge in [0, 0.05) is 30.9 Å². The Kier molecular flexibility index (Phi) is 6.30. The van der Waals surface area contributed by atoms with Gasteiger partial charge in [-0.2, -0.15) is 4.31 Å². The molecule has 0 bridgehead atoms. The van der Waals surface area contributed by atoms with Crippen molar-refractivity contribution in [3.63, 3.8) is 0 Å². The van der Waals surface area contributed by atoms with Crippen molar-refractivity contribution in [3.05, 3.63) is 60.5 Å². The molecule has 8 heteroatoms. The van der Waals surface area contributed by atoms with Gasteiger partial charge in [0.25, 0.3) is 0 Å². The van der Waals surface area contributed by atoms with Crippen molar-refractivity contribution in [2.24, 2.45) is 0 Å². The number of nitrogens with zero attached hydrogens (tertiary/aromatic N) is 3. The van der Waals surface area contributed by atoms with Crippen LogP contribution in [0.3, 0.4) is 0 Å². The Morgan fingerprint density at radius 3 is 2.44 bits per heavy atom. The molecule has 0 fully saturated rings. The van der Waals surface area contributed by atoms with Crippen LogP contribution in [0.5, 0.6) is 0 Å². The van der Waals surface area contributed by atoms with Crippen LogP contribution in [-0.2, 0) is 15.8 Å². The molecule has 2 heterocycles. The van der Waals surface area contributed by atoms with Crippen LogP contribution in [0.4, 0.5) is 0 Å². The van der Waals surface area contributed by atoms with Gasteiger partial charge in [-0.05, 0) is 12.1 Å². The number of benzene rings is 1. The number of aromatic nitrogens is 2. The lowest BCUT2D eigenvalue weighted by Crippen LogP contribution is -2.30. The van der Waals surface area contributed by atoms with Crippen molar-refractivity contribution >= 4 is 21.8 Å². The lowest BCUT2D eigenvalue weighted by Gasteiger charge is -2.18. The lowest BCUT2D eigenvalue weighted by atomic mass is 10.1. The first-order valence-electron chi connectivity index (χ1n) is 8.64. The number of sulfonamides is 1. The monoisotopic (exact) mass is 403 g/mol. The zero-order chi connectivity index (χ0) is 19.3. The van der Waals surface area contributed by atoms with Crippen molar-refractivity contribution in [2.75, 3.05) is 13.1 Å². The first-order valence-corrected chi connectivity index (χ1v) is 11.1. The predicted molar refractivity (Wildman–Crippen MR) is 106 cm³/mol. The normalized spacial score (nSPS) is 11.8. The molecule has 0 amide bonds. The van der Waals surface area contributed by atoms with Gasteiger partial charge >= 0.3 is 0 Å². The first kappa shape index (κ1) is 19.6. The molecule has 0 spiro atoms. The highest BCUT2D eigenvalue weighted by Gasteiger charge is 2.21. The third-order valence-electron chi connectivity index (χ3n) is 4.04. The second-order valence-corrected chi connectivity index (χ2v) is 8.69. The number of hydrogen-bond acceptors (Lipinski definition) is 6. The molecule has 0 radical (unpaired) electrons. The van der Waals surface area contributed by atoms with E-state index < -0.39 is 10.0 Å². The third kappa shape index (κ3) is 4.58. The van der Waals surface area contributed by atoms with E-state index in [1.54, 1.807) is 12.1 Å². The molecule has 2 aromatic heterocycles. The SMILES string of the molecule is CCN(CC)S(=O)(=O)c1ccc(SCc2cc(-c3ccccc3)no2)nc1.